The third-order valence-electron chi connectivity index (χ3n) is 3.02. The molecular formula is C15H14BrClFN. The van der Waals surface area contributed by atoms with E-state index in [9.17, 15) is 4.39 Å². The van der Waals surface area contributed by atoms with Crippen molar-refractivity contribution in [2.75, 3.05) is 7.05 Å². The fraction of sp³-hybridized carbons (Fsp3) is 0.200. The summed E-state index contributed by atoms with van der Waals surface area (Å²) in [6.07, 6.45) is 0. The molecule has 2 aromatic carbocycles. The molecular weight excluding hydrogens is 329 g/mol. The summed E-state index contributed by atoms with van der Waals surface area (Å²) in [6.45, 7) is 2.03. The number of benzene rings is 2. The van der Waals surface area contributed by atoms with Crippen LogP contribution < -0.4 is 5.32 Å². The number of hydrogen-bond acceptors (Lipinski definition) is 1. The summed E-state index contributed by atoms with van der Waals surface area (Å²) in [4.78, 5) is 0. The highest BCUT2D eigenvalue weighted by Gasteiger charge is 2.18. The molecule has 100 valence electrons. The summed E-state index contributed by atoms with van der Waals surface area (Å²) in [5, 5.41) is 3.73. The number of nitrogens with one attached hydrogen (secondary N) is 1. The van der Waals surface area contributed by atoms with Crippen LogP contribution in [0.2, 0.25) is 5.02 Å². The molecule has 0 aromatic heterocycles. The lowest BCUT2D eigenvalue weighted by molar-refractivity contribution is 0.616. The van der Waals surface area contributed by atoms with Crippen molar-refractivity contribution in [2.24, 2.45) is 0 Å². The minimum absolute atomic E-state index is 0.154. The Bertz CT molecular complexity index is 601. The maximum absolute atomic E-state index is 13.4. The van der Waals surface area contributed by atoms with Crippen LogP contribution in [-0.4, -0.2) is 7.05 Å². The third-order valence-corrected chi connectivity index (χ3v) is 4.06. The zero-order chi connectivity index (χ0) is 14.0. The second kappa shape index (κ2) is 6.04. The van der Waals surface area contributed by atoms with Crippen LogP contribution in [0.5, 0.6) is 0 Å². The predicted octanol–water partition coefficient (Wildman–Crippen LogP) is 4.86. The first-order valence-corrected chi connectivity index (χ1v) is 7.08. The summed E-state index contributed by atoms with van der Waals surface area (Å²) in [5.74, 6) is -0.289. The fourth-order valence-corrected chi connectivity index (χ4v) is 3.03. The van der Waals surface area contributed by atoms with Crippen LogP contribution in [0, 0.1) is 12.7 Å². The quantitative estimate of drug-likeness (QED) is 0.840. The molecule has 1 N–H and O–H groups in total. The number of rotatable bonds is 3. The van der Waals surface area contributed by atoms with Crippen molar-refractivity contribution in [3.8, 4) is 0 Å². The van der Waals surface area contributed by atoms with Crippen LogP contribution in [0.4, 0.5) is 4.39 Å². The highest BCUT2D eigenvalue weighted by molar-refractivity contribution is 9.10. The van der Waals surface area contributed by atoms with E-state index in [1.54, 1.807) is 6.07 Å². The second-order valence-corrected chi connectivity index (χ2v) is 5.67. The van der Waals surface area contributed by atoms with Crippen LogP contribution in [-0.2, 0) is 0 Å². The molecule has 0 heterocycles. The lowest BCUT2D eigenvalue weighted by atomic mass is 9.98. The van der Waals surface area contributed by atoms with Gasteiger partial charge in [-0.2, -0.15) is 0 Å². The number of hydrogen-bond donors (Lipinski definition) is 1. The van der Waals surface area contributed by atoms with E-state index in [4.69, 9.17) is 11.6 Å². The molecule has 0 spiro atoms. The second-order valence-electron chi connectivity index (χ2n) is 4.41. The lowest BCUT2D eigenvalue weighted by Crippen LogP contribution is -2.18. The van der Waals surface area contributed by atoms with Gasteiger partial charge in [-0.15, -0.1) is 0 Å². The van der Waals surface area contributed by atoms with E-state index in [1.807, 2.05) is 32.2 Å². The van der Waals surface area contributed by atoms with Crippen molar-refractivity contribution in [1.29, 1.82) is 0 Å². The van der Waals surface area contributed by atoms with Crippen molar-refractivity contribution < 1.29 is 4.39 Å². The molecule has 0 aliphatic carbocycles. The van der Waals surface area contributed by atoms with Crippen molar-refractivity contribution >= 4 is 27.5 Å². The molecule has 4 heteroatoms. The van der Waals surface area contributed by atoms with Gasteiger partial charge >= 0.3 is 0 Å². The van der Waals surface area contributed by atoms with Crippen LogP contribution in [0.3, 0.4) is 0 Å². The van der Waals surface area contributed by atoms with Crippen molar-refractivity contribution in [2.45, 2.75) is 13.0 Å². The Kier molecular flexibility index (Phi) is 4.61. The van der Waals surface area contributed by atoms with Gasteiger partial charge in [0.25, 0.3) is 0 Å². The maximum atomic E-state index is 13.4. The average Bonchev–Trinajstić information content (AvgIpc) is 2.36. The molecule has 0 saturated carbocycles. The molecule has 0 saturated heterocycles. The zero-order valence-electron chi connectivity index (χ0n) is 10.7. The zero-order valence-corrected chi connectivity index (χ0v) is 13.0. The minimum Gasteiger partial charge on any atom is -0.309 e. The Morgan fingerprint density at radius 3 is 2.53 bits per heavy atom. The Morgan fingerprint density at radius 1 is 1.16 bits per heavy atom. The molecule has 1 unspecified atom stereocenters. The standard InChI is InChI=1S/C15H14BrClFN/c1-9-3-5-11(13(16)7-9)15(19-2)12-8-10(18)4-6-14(12)17/h3-8,15,19H,1-2H3. The lowest BCUT2D eigenvalue weighted by Gasteiger charge is -2.20. The number of aryl methyl sites for hydroxylation is 1. The Morgan fingerprint density at radius 2 is 1.89 bits per heavy atom. The first-order chi connectivity index (χ1) is 9.02. The third kappa shape index (κ3) is 3.16. The number of halogens is 3. The average molecular weight is 343 g/mol. The van der Waals surface area contributed by atoms with E-state index >= 15 is 0 Å². The topological polar surface area (TPSA) is 12.0 Å². The molecule has 0 aliphatic heterocycles. The maximum Gasteiger partial charge on any atom is 0.123 e. The van der Waals surface area contributed by atoms with Crippen LogP contribution in [0.15, 0.2) is 40.9 Å². The minimum atomic E-state index is -0.289. The largest absolute Gasteiger partial charge is 0.309 e. The first kappa shape index (κ1) is 14.5. The summed E-state index contributed by atoms with van der Waals surface area (Å²) in [7, 11) is 1.83. The van der Waals surface area contributed by atoms with Gasteiger partial charge in [-0.1, -0.05) is 39.7 Å². The van der Waals surface area contributed by atoms with Gasteiger partial charge in [-0.05, 0) is 54.9 Å². The van der Waals surface area contributed by atoms with Crippen molar-refractivity contribution in [1.82, 2.24) is 5.32 Å². The molecule has 0 aliphatic rings. The molecule has 0 amide bonds. The molecule has 0 radical (unpaired) electrons. The van der Waals surface area contributed by atoms with Gasteiger partial charge in [0.15, 0.2) is 0 Å². The van der Waals surface area contributed by atoms with Gasteiger partial charge in [-0.3, -0.25) is 0 Å². The van der Waals surface area contributed by atoms with Gasteiger partial charge in [-0.25, -0.2) is 4.39 Å². The molecule has 2 aromatic rings. The smallest absolute Gasteiger partial charge is 0.123 e. The van der Waals surface area contributed by atoms with Crippen molar-refractivity contribution in [3.05, 3.63) is 68.4 Å². The Labute approximate surface area is 125 Å². The van der Waals surface area contributed by atoms with Gasteiger partial charge in [0, 0.05) is 9.50 Å². The fourth-order valence-electron chi connectivity index (χ4n) is 2.08. The van der Waals surface area contributed by atoms with Gasteiger partial charge in [0.1, 0.15) is 5.82 Å². The molecule has 19 heavy (non-hydrogen) atoms. The molecule has 0 fully saturated rings. The van der Waals surface area contributed by atoms with E-state index in [0.29, 0.717) is 5.02 Å². The highest BCUT2D eigenvalue weighted by atomic mass is 79.9. The summed E-state index contributed by atoms with van der Waals surface area (Å²) in [5.41, 5.74) is 2.92. The molecule has 0 bridgehead atoms. The van der Waals surface area contributed by atoms with Gasteiger partial charge < -0.3 is 5.32 Å². The van der Waals surface area contributed by atoms with Crippen LogP contribution in [0.1, 0.15) is 22.7 Å². The van der Waals surface area contributed by atoms with E-state index in [1.165, 1.54) is 12.1 Å². The highest BCUT2D eigenvalue weighted by Crippen LogP contribution is 2.33. The SMILES string of the molecule is CNC(c1cc(F)ccc1Cl)c1ccc(C)cc1Br. The monoisotopic (exact) mass is 341 g/mol. The van der Waals surface area contributed by atoms with Gasteiger partial charge in [0.05, 0.1) is 6.04 Å². The van der Waals surface area contributed by atoms with Gasteiger partial charge in [0.2, 0.25) is 0 Å². The first-order valence-electron chi connectivity index (χ1n) is 5.91. The van der Waals surface area contributed by atoms with E-state index in [-0.39, 0.29) is 11.9 Å². The Hall–Kier alpha value is -0.900. The van der Waals surface area contributed by atoms with E-state index in [2.05, 4.69) is 21.2 Å². The van der Waals surface area contributed by atoms with Crippen LogP contribution >= 0.6 is 27.5 Å². The van der Waals surface area contributed by atoms with E-state index < -0.39 is 0 Å². The summed E-state index contributed by atoms with van der Waals surface area (Å²) in [6, 6.07) is 10.3. The summed E-state index contributed by atoms with van der Waals surface area (Å²) < 4.78 is 14.4. The predicted molar refractivity (Wildman–Crippen MR) is 81.2 cm³/mol. The normalized spacial score (nSPS) is 12.5. The Balaban J connectivity index is 2.52. The molecule has 1 nitrogen and oxygen atoms in total. The van der Waals surface area contributed by atoms with E-state index in [0.717, 1.165) is 21.2 Å². The molecule has 2 rings (SSSR count). The summed E-state index contributed by atoms with van der Waals surface area (Å²) >= 11 is 9.73. The molecule has 1 atom stereocenters. The van der Waals surface area contributed by atoms with Crippen LogP contribution in [0.25, 0.3) is 0 Å². The van der Waals surface area contributed by atoms with Crippen molar-refractivity contribution in [3.63, 3.8) is 0 Å².